The molecule has 1 aromatic carbocycles. The van der Waals surface area contributed by atoms with Gasteiger partial charge in [-0.3, -0.25) is 10.1 Å². The highest BCUT2D eigenvalue weighted by Gasteiger charge is 2.26. The van der Waals surface area contributed by atoms with Crippen molar-refractivity contribution in [2.24, 2.45) is 0 Å². The second-order valence-electron chi connectivity index (χ2n) is 5.38. The molecule has 1 aromatic rings. The molecule has 1 N–H and O–H groups in total. The van der Waals surface area contributed by atoms with Gasteiger partial charge in [-0.25, -0.2) is 12.7 Å². The SMILES string of the molecule is CCS(=O)(=O)N1CCC(NCc2ccc([N+](=O)[O-])cc2)CC1. The van der Waals surface area contributed by atoms with E-state index in [-0.39, 0.29) is 17.5 Å². The van der Waals surface area contributed by atoms with E-state index in [0.717, 1.165) is 18.4 Å². The van der Waals surface area contributed by atoms with Crippen LogP contribution in [-0.2, 0) is 16.6 Å². The molecule has 1 saturated heterocycles. The summed E-state index contributed by atoms with van der Waals surface area (Å²) in [6.45, 7) is 3.39. The molecule has 22 heavy (non-hydrogen) atoms. The fourth-order valence-corrected chi connectivity index (χ4v) is 3.65. The zero-order chi connectivity index (χ0) is 16.2. The number of nitro benzene ring substituents is 1. The van der Waals surface area contributed by atoms with Crippen LogP contribution in [0.3, 0.4) is 0 Å². The standard InChI is InChI=1S/C14H21N3O4S/c1-2-22(20,21)16-9-7-13(8-10-16)15-11-12-3-5-14(6-4-12)17(18)19/h3-6,13,15H,2,7-11H2,1H3. The molecule has 2 rings (SSSR count). The molecule has 0 radical (unpaired) electrons. The number of hydrogen-bond donors (Lipinski definition) is 1. The van der Waals surface area contributed by atoms with Crippen molar-refractivity contribution in [3.05, 3.63) is 39.9 Å². The lowest BCUT2D eigenvalue weighted by Crippen LogP contribution is -2.45. The second kappa shape index (κ2) is 7.17. The Balaban J connectivity index is 1.80. The normalized spacial score (nSPS) is 17.5. The maximum Gasteiger partial charge on any atom is 0.269 e. The van der Waals surface area contributed by atoms with Crippen molar-refractivity contribution < 1.29 is 13.3 Å². The summed E-state index contributed by atoms with van der Waals surface area (Å²) in [7, 11) is -3.08. The van der Waals surface area contributed by atoms with Crippen LogP contribution in [0.15, 0.2) is 24.3 Å². The van der Waals surface area contributed by atoms with Crippen LogP contribution in [0.25, 0.3) is 0 Å². The van der Waals surface area contributed by atoms with E-state index in [0.29, 0.717) is 19.6 Å². The average molecular weight is 327 g/mol. The zero-order valence-corrected chi connectivity index (χ0v) is 13.4. The van der Waals surface area contributed by atoms with Crippen molar-refractivity contribution in [3.8, 4) is 0 Å². The maximum absolute atomic E-state index is 11.8. The molecule has 8 heteroatoms. The summed E-state index contributed by atoms with van der Waals surface area (Å²) >= 11 is 0. The lowest BCUT2D eigenvalue weighted by Gasteiger charge is -2.31. The minimum atomic E-state index is -3.08. The summed E-state index contributed by atoms with van der Waals surface area (Å²) in [5, 5.41) is 14.0. The van der Waals surface area contributed by atoms with Crippen LogP contribution in [0, 0.1) is 10.1 Å². The Morgan fingerprint density at radius 3 is 2.36 bits per heavy atom. The number of hydrogen-bond acceptors (Lipinski definition) is 5. The molecule has 0 unspecified atom stereocenters. The van der Waals surface area contributed by atoms with Crippen LogP contribution in [0.5, 0.6) is 0 Å². The highest BCUT2D eigenvalue weighted by atomic mass is 32.2. The van der Waals surface area contributed by atoms with Gasteiger partial charge >= 0.3 is 0 Å². The van der Waals surface area contributed by atoms with Crippen molar-refractivity contribution in [1.82, 2.24) is 9.62 Å². The summed E-state index contributed by atoms with van der Waals surface area (Å²) in [5.74, 6) is 0.147. The fraction of sp³-hybridized carbons (Fsp3) is 0.571. The summed E-state index contributed by atoms with van der Waals surface area (Å²) in [5.41, 5.74) is 1.07. The largest absolute Gasteiger partial charge is 0.310 e. The van der Waals surface area contributed by atoms with Crippen LogP contribution < -0.4 is 5.32 Å². The van der Waals surface area contributed by atoms with Crippen molar-refractivity contribution in [2.75, 3.05) is 18.8 Å². The topological polar surface area (TPSA) is 92.6 Å². The Hall–Kier alpha value is -1.51. The molecule has 0 aromatic heterocycles. The van der Waals surface area contributed by atoms with Gasteiger partial charge in [0.25, 0.3) is 5.69 Å². The van der Waals surface area contributed by atoms with Gasteiger partial charge in [-0.05, 0) is 25.3 Å². The molecule has 0 bridgehead atoms. The van der Waals surface area contributed by atoms with E-state index in [1.54, 1.807) is 23.4 Å². The van der Waals surface area contributed by atoms with Gasteiger partial charge < -0.3 is 5.32 Å². The van der Waals surface area contributed by atoms with Crippen LogP contribution in [0.2, 0.25) is 0 Å². The Kier molecular flexibility index (Phi) is 5.49. The molecule has 1 fully saturated rings. The number of nitrogens with one attached hydrogen (secondary N) is 1. The van der Waals surface area contributed by atoms with Crippen molar-refractivity contribution in [3.63, 3.8) is 0 Å². The van der Waals surface area contributed by atoms with Gasteiger partial charge in [0.05, 0.1) is 10.7 Å². The molecular weight excluding hydrogens is 306 g/mol. The van der Waals surface area contributed by atoms with Gasteiger partial charge in [0.15, 0.2) is 0 Å². The van der Waals surface area contributed by atoms with Crippen molar-refractivity contribution in [1.29, 1.82) is 0 Å². The Labute approximate surface area is 130 Å². The third-order valence-corrected chi connectivity index (χ3v) is 5.84. The van der Waals surface area contributed by atoms with Gasteiger partial charge in [0, 0.05) is 37.8 Å². The molecule has 122 valence electrons. The van der Waals surface area contributed by atoms with Gasteiger partial charge in [0.2, 0.25) is 10.0 Å². The number of benzene rings is 1. The van der Waals surface area contributed by atoms with Gasteiger partial charge in [0.1, 0.15) is 0 Å². The minimum Gasteiger partial charge on any atom is -0.310 e. The van der Waals surface area contributed by atoms with E-state index in [1.165, 1.54) is 12.1 Å². The first-order chi connectivity index (χ1) is 10.4. The molecule has 0 amide bonds. The molecule has 0 saturated carbocycles. The number of nitro groups is 1. The summed E-state index contributed by atoms with van der Waals surface area (Å²) in [6.07, 6.45) is 1.57. The predicted molar refractivity (Wildman–Crippen MR) is 84.0 cm³/mol. The Bertz CT molecular complexity index is 607. The van der Waals surface area contributed by atoms with Crippen LogP contribution in [0.4, 0.5) is 5.69 Å². The van der Waals surface area contributed by atoms with E-state index in [9.17, 15) is 18.5 Å². The predicted octanol–water partition coefficient (Wildman–Crippen LogP) is 1.50. The van der Waals surface area contributed by atoms with E-state index in [4.69, 9.17) is 0 Å². The summed E-state index contributed by atoms with van der Waals surface area (Å²) in [6, 6.07) is 6.74. The van der Waals surface area contributed by atoms with E-state index < -0.39 is 14.9 Å². The van der Waals surface area contributed by atoms with Crippen molar-refractivity contribution in [2.45, 2.75) is 32.4 Å². The van der Waals surface area contributed by atoms with E-state index >= 15 is 0 Å². The third-order valence-electron chi connectivity index (χ3n) is 3.95. The molecule has 0 spiro atoms. The molecule has 7 nitrogen and oxygen atoms in total. The van der Waals surface area contributed by atoms with Crippen LogP contribution in [-0.4, -0.2) is 42.5 Å². The molecular formula is C14H21N3O4S. The molecule has 1 heterocycles. The van der Waals surface area contributed by atoms with E-state index in [1.807, 2.05) is 0 Å². The highest BCUT2D eigenvalue weighted by Crippen LogP contribution is 2.16. The Morgan fingerprint density at radius 2 is 1.86 bits per heavy atom. The minimum absolute atomic E-state index is 0.0850. The monoisotopic (exact) mass is 327 g/mol. The third kappa shape index (κ3) is 4.25. The molecule has 1 aliphatic rings. The first-order valence-corrected chi connectivity index (χ1v) is 8.98. The first kappa shape index (κ1) is 16.9. The maximum atomic E-state index is 11.8. The zero-order valence-electron chi connectivity index (χ0n) is 12.6. The number of nitrogens with zero attached hydrogens (tertiary/aromatic N) is 2. The first-order valence-electron chi connectivity index (χ1n) is 7.37. The second-order valence-corrected chi connectivity index (χ2v) is 7.64. The van der Waals surface area contributed by atoms with Gasteiger partial charge in [-0.15, -0.1) is 0 Å². The lowest BCUT2D eigenvalue weighted by molar-refractivity contribution is -0.384. The molecule has 1 aliphatic heterocycles. The number of piperidine rings is 1. The lowest BCUT2D eigenvalue weighted by atomic mass is 10.1. The fourth-order valence-electron chi connectivity index (χ4n) is 2.52. The van der Waals surface area contributed by atoms with E-state index in [2.05, 4.69) is 5.32 Å². The molecule has 0 atom stereocenters. The Morgan fingerprint density at radius 1 is 1.27 bits per heavy atom. The highest BCUT2D eigenvalue weighted by molar-refractivity contribution is 7.89. The van der Waals surface area contributed by atoms with Gasteiger partial charge in [-0.2, -0.15) is 0 Å². The summed E-state index contributed by atoms with van der Waals surface area (Å²) < 4.78 is 25.1. The summed E-state index contributed by atoms with van der Waals surface area (Å²) in [4.78, 5) is 10.2. The van der Waals surface area contributed by atoms with Crippen LogP contribution in [0.1, 0.15) is 25.3 Å². The van der Waals surface area contributed by atoms with Gasteiger partial charge in [-0.1, -0.05) is 12.1 Å². The van der Waals surface area contributed by atoms with Crippen molar-refractivity contribution >= 4 is 15.7 Å². The number of rotatable bonds is 6. The number of sulfonamides is 1. The average Bonchev–Trinajstić information content (AvgIpc) is 2.53. The van der Waals surface area contributed by atoms with Crippen LogP contribution >= 0.6 is 0 Å². The number of non-ortho nitro benzene ring substituents is 1. The molecule has 0 aliphatic carbocycles. The quantitative estimate of drug-likeness (QED) is 0.631. The smallest absolute Gasteiger partial charge is 0.269 e.